The van der Waals surface area contributed by atoms with Gasteiger partial charge in [-0.05, 0) is 63.4 Å². The number of hydrogen-bond acceptors (Lipinski definition) is 4. The average Bonchev–Trinajstić information content (AvgIpc) is 2.90. The zero-order valence-corrected chi connectivity index (χ0v) is 26.3. The number of halogens is 2. The van der Waals surface area contributed by atoms with Crippen molar-refractivity contribution in [1.29, 1.82) is 0 Å². The monoisotopic (exact) mass is 615 g/mol. The fraction of sp³-hybridized carbons (Fsp3) is 0.375. The summed E-state index contributed by atoms with van der Waals surface area (Å²) in [6.45, 7) is 7.20. The van der Waals surface area contributed by atoms with E-state index in [1.807, 2.05) is 51.1 Å². The lowest BCUT2D eigenvalue weighted by Crippen LogP contribution is -2.54. The van der Waals surface area contributed by atoms with Crippen LogP contribution in [-0.4, -0.2) is 49.5 Å². The van der Waals surface area contributed by atoms with Crippen LogP contribution in [-0.2, 0) is 32.6 Å². The number of carbonyl (C=O) groups excluding carboxylic acids is 2. The first kappa shape index (κ1) is 33.1. The normalized spacial score (nSPS) is 12.5. The van der Waals surface area contributed by atoms with Crippen molar-refractivity contribution in [2.45, 2.75) is 65.1 Å². The number of nitrogens with zero attached hydrogens (tertiary/aromatic N) is 2. The second kappa shape index (κ2) is 14.2. The molecule has 10 heteroatoms. The molecule has 0 saturated heterocycles. The molecule has 0 saturated carbocycles. The van der Waals surface area contributed by atoms with Gasteiger partial charge in [-0.1, -0.05) is 66.2 Å². The van der Waals surface area contributed by atoms with Gasteiger partial charge < -0.3 is 10.2 Å². The van der Waals surface area contributed by atoms with Crippen LogP contribution < -0.4 is 9.62 Å². The maximum atomic E-state index is 14.8. The Bertz CT molecular complexity index is 1490. The molecule has 0 unspecified atom stereocenters. The Morgan fingerprint density at radius 1 is 0.976 bits per heavy atom. The molecular formula is C32H39ClFN3O4S. The molecular weight excluding hydrogens is 577 g/mol. The fourth-order valence-corrected chi connectivity index (χ4v) is 5.85. The summed E-state index contributed by atoms with van der Waals surface area (Å²) in [6, 6.07) is 19.6. The number of sulfonamides is 1. The lowest BCUT2D eigenvalue weighted by atomic mass is 10.00. The lowest BCUT2D eigenvalue weighted by molar-refractivity contribution is -0.142. The zero-order chi connectivity index (χ0) is 31.1. The molecule has 42 heavy (non-hydrogen) atoms. The quantitative estimate of drug-likeness (QED) is 0.275. The van der Waals surface area contributed by atoms with Gasteiger partial charge in [0.05, 0.1) is 11.9 Å². The average molecular weight is 616 g/mol. The number of carbonyl (C=O) groups is 2. The molecule has 1 N–H and O–H groups in total. The fourth-order valence-electron chi connectivity index (χ4n) is 4.67. The van der Waals surface area contributed by atoms with E-state index in [4.69, 9.17) is 11.6 Å². The molecule has 0 aliphatic carbocycles. The summed E-state index contributed by atoms with van der Waals surface area (Å²) in [6.07, 6.45) is 1.44. The summed E-state index contributed by atoms with van der Waals surface area (Å²) in [5.41, 5.74) is 1.60. The van der Waals surface area contributed by atoms with Crippen LogP contribution in [0.1, 0.15) is 50.3 Å². The first-order valence-corrected chi connectivity index (χ1v) is 16.0. The summed E-state index contributed by atoms with van der Waals surface area (Å²) in [4.78, 5) is 28.9. The molecule has 3 rings (SSSR count). The molecule has 0 fully saturated rings. The summed E-state index contributed by atoms with van der Waals surface area (Å²) in [5.74, 6) is -1.23. The number of nitrogens with one attached hydrogen (secondary N) is 1. The maximum absolute atomic E-state index is 14.8. The van der Waals surface area contributed by atoms with Gasteiger partial charge in [0.25, 0.3) is 0 Å². The molecule has 226 valence electrons. The van der Waals surface area contributed by atoms with Crippen molar-refractivity contribution in [2.24, 2.45) is 0 Å². The smallest absolute Gasteiger partial charge is 0.243 e. The van der Waals surface area contributed by atoms with Crippen molar-refractivity contribution in [2.75, 3.05) is 17.1 Å². The second-order valence-corrected chi connectivity index (χ2v) is 13.7. The minimum atomic E-state index is -3.68. The Morgan fingerprint density at radius 2 is 1.62 bits per heavy atom. The minimum Gasteiger partial charge on any atom is -0.350 e. The highest BCUT2D eigenvalue weighted by Gasteiger charge is 2.33. The zero-order valence-electron chi connectivity index (χ0n) is 24.7. The summed E-state index contributed by atoms with van der Waals surface area (Å²) < 4.78 is 41.5. The van der Waals surface area contributed by atoms with Crippen LogP contribution in [0.15, 0.2) is 72.8 Å². The first-order valence-electron chi connectivity index (χ1n) is 13.8. The molecule has 1 atom stereocenters. The number of rotatable bonds is 12. The minimum absolute atomic E-state index is 0.0246. The molecule has 3 aromatic carbocycles. The maximum Gasteiger partial charge on any atom is 0.243 e. The largest absolute Gasteiger partial charge is 0.350 e. The third-order valence-corrected chi connectivity index (χ3v) is 8.32. The van der Waals surface area contributed by atoms with E-state index in [0.717, 1.165) is 11.8 Å². The van der Waals surface area contributed by atoms with Gasteiger partial charge in [-0.25, -0.2) is 12.8 Å². The van der Waals surface area contributed by atoms with Crippen LogP contribution in [0, 0.1) is 12.7 Å². The highest BCUT2D eigenvalue weighted by atomic mass is 35.5. The SMILES string of the molecule is Cc1c(Cl)cccc1N(CCCC(=O)N(Cc1ccccc1F)[C@H](Cc1ccccc1)C(=O)NC(C)(C)C)S(C)(=O)=O. The van der Waals surface area contributed by atoms with E-state index in [1.54, 1.807) is 43.3 Å². The lowest BCUT2D eigenvalue weighted by Gasteiger charge is -2.34. The van der Waals surface area contributed by atoms with E-state index in [-0.39, 0.29) is 49.7 Å². The molecule has 3 aromatic rings. The van der Waals surface area contributed by atoms with E-state index < -0.39 is 27.4 Å². The first-order chi connectivity index (χ1) is 19.7. The molecule has 0 heterocycles. The number of benzene rings is 3. The molecule has 2 amide bonds. The topological polar surface area (TPSA) is 86.8 Å². The van der Waals surface area contributed by atoms with Gasteiger partial charge in [0, 0.05) is 42.1 Å². The van der Waals surface area contributed by atoms with Gasteiger partial charge in [0.2, 0.25) is 21.8 Å². The Hall–Kier alpha value is -3.43. The third kappa shape index (κ3) is 9.29. The molecule has 7 nitrogen and oxygen atoms in total. The van der Waals surface area contributed by atoms with Crippen molar-refractivity contribution < 1.29 is 22.4 Å². The van der Waals surface area contributed by atoms with E-state index in [0.29, 0.717) is 16.3 Å². The molecule has 0 spiro atoms. The Kier molecular flexibility index (Phi) is 11.2. The molecule has 0 radical (unpaired) electrons. The van der Waals surface area contributed by atoms with E-state index in [1.165, 1.54) is 15.3 Å². The van der Waals surface area contributed by atoms with Crippen molar-refractivity contribution >= 4 is 39.1 Å². The van der Waals surface area contributed by atoms with Crippen LogP contribution in [0.3, 0.4) is 0 Å². The van der Waals surface area contributed by atoms with Crippen LogP contribution in [0.4, 0.5) is 10.1 Å². The summed E-state index contributed by atoms with van der Waals surface area (Å²) in [7, 11) is -3.68. The highest BCUT2D eigenvalue weighted by Crippen LogP contribution is 2.29. The molecule has 0 aliphatic heterocycles. The van der Waals surface area contributed by atoms with E-state index in [2.05, 4.69) is 5.32 Å². The van der Waals surface area contributed by atoms with Crippen molar-refractivity contribution in [3.8, 4) is 0 Å². The third-order valence-electron chi connectivity index (χ3n) is 6.73. The van der Waals surface area contributed by atoms with Crippen LogP contribution in [0.5, 0.6) is 0 Å². The molecule has 0 bridgehead atoms. The second-order valence-electron chi connectivity index (χ2n) is 11.4. The standard InChI is InChI=1S/C32H39ClFN3O4S/c1-23-26(33)16-11-18-28(23)37(42(5,40)41)20-12-19-30(38)36(22-25-15-9-10-17-27(25)34)29(31(39)35-32(2,3)4)21-24-13-7-6-8-14-24/h6-11,13-18,29H,12,19-22H2,1-5H3,(H,35,39)/t29-/m1/s1. The van der Waals surface area contributed by atoms with Gasteiger partial charge in [0.1, 0.15) is 11.9 Å². The number of amides is 2. The molecule has 0 aliphatic rings. The highest BCUT2D eigenvalue weighted by molar-refractivity contribution is 7.92. The van der Waals surface area contributed by atoms with Gasteiger partial charge in [-0.15, -0.1) is 0 Å². The number of anilines is 1. The number of hydrogen-bond donors (Lipinski definition) is 1. The van der Waals surface area contributed by atoms with E-state index in [9.17, 15) is 22.4 Å². The van der Waals surface area contributed by atoms with Crippen LogP contribution in [0.2, 0.25) is 5.02 Å². The van der Waals surface area contributed by atoms with Crippen LogP contribution in [0.25, 0.3) is 0 Å². The van der Waals surface area contributed by atoms with Crippen molar-refractivity contribution in [1.82, 2.24) is 10.2 Å². The Labute approximate surface area is 253 Å². The Morgan fingerprint density at radius 3 is 2.24 bits per heavy atom. The van der Waals surface area contributed by atoms with Gasteiger partial charge in [-0.3, -0.25) is 13.9 Å². The summed E-state index contributed by atoms with van der Waals surface area (Å²) in [5, 5.41) is 3.41. The predicted molar refractivity (Wildman–Crippen MR) is 166 cm³/mol. The van der Waals surface area contributed by atoms with Crippen molar-refractivity contribution in [3.63, 3.8) is 0 Å². The van der Waals surface area contributed by atoms with Gasteiger partial charge in [0.15, 0.2) is 0 Å². The van der Waals surface area contributed by atoms with Gasteiger partial charge >= 0.3 is 0 Å². The summed E-state index contributed by atoms with van der Waals surface area (Å²) >= 11 is 6.25. The van der Waals surface area contributed by atoms with Gasteiger partial charge in [-0.2, -0.15) is 0 Å². The van der Waals surface area contributed by atoms with Crippen molar-refractivity contribution in [3.05, 3.63) is 100 Å². The van der Waals surface area contributed by atoms with Crippen LogP contribution >= 0.6 is 11.6 Å². The van der Waals surface area contributed by atoms with E-state index >= 15 is 0 Å². The Balaban J connectivity index is 1.93. The predicted octanol–water partition coefficient (Wildman–Crippen LogP) is 5.89. The molecule has 0 aromatic heterocycles.